The molecule has 1 aromatic heterocycles. The predicted octanol–water partition coefficient (Wildman–Crippen LogP) is 1.06. The van der Waals surface area contributed by atoms with Gasteiger partial charge in [0.05, 0.1) is 16.8 Å². The molecule has 0 bridgehead atoms. The molecule has 1 amide bonds. The molecule has 0 unspecified atom stereocenters. The highest BCUT2D eigenvalue weighted by molar-refractivity contribution is 9.08. The van der Waals surface area contributed by atoms with E-state index in [1.165, 1.54) is 29.2 Å². The highest BCUT2D eigenvalue weighted by Gasteiger charge is 2.15. The number of amides is 1. The molecule has 1 heterocycles. The van der Waals surface area contributed by atoms with E-state index in [1.54, 1.807) is 12.1 Å². The Morgan fingerprint density at radius 2 is 2.00 bits per heavy atom. The zero-order valence-electron chi connectivity index (χ0n) is 10.9. The first-order chi connectivity index (χ1) is 9.90. The smallest absolute Gasteiger partial charge is 0.261 e. The van der Waals surface area contributed by atoms with E-state index in [-0.39, 0.29) is 17.1 Å². The molecule has 2 rings (SSSR count). The number of primary amides is 1. The topological polar surface area (TPSA) is 107 Å². The van der Waals surface area contributed by atoms with Gasteiger partial charge in [-0.2, -0.15) is 5.10 Å². The molecule has 0 spiro atoms. The Morgan fingerprint density at radius 1 is 1.33 bits per heavy atom. The van der Waals surface area contributed by atoms with Crippen LogP contribution in [0.2, 0.25) is 0 Å². The van der Waals surface area contributed by atoms with E-state index < -0.39 is 15.9 Å². The molecule has 0 saturated carbocycles. The molecule has 7 nitrogen and oxygen atoms in total. The lowest BCUT2D eigenvalue weighted by molar-refractivity contribution is -0.118. The number of benzene rings is 1. The molecule has 0 saturated heterocycles. The summed E-state index contributed by atoms with van der Waals surface area (Å²) in [5.74, 6) is -0.558. The van der Waals surface area contributed by atoms with Gasteiger partial charge in [0.25, 0.3) is 10.0 Å². The van der Waals surface area contributed by atoms with Crippen LogP contribution in [0.5, 0.6) is 0 Å². The Kier molecular flexibility index (Phi) is 4.63. The molecule has 0 aliphatic carbocycles. The zero-order chi connectivity index (χ0) is 15.5. The first-order valence-electron chi connectivity index (χ1n) is 5.89. The van der Waals surface area contributed by atoms with Crippen LogP contribution in [0.25, 0.3) is 0 Å². The van der Waals surface area contributed by atoms with Crippen molar-refractivity contribution in [2.24, 2.45) is 5.73 Å². The number of nitrogens with two attached hydrogens (primary N) is 1. The van der Waals surface area contributed by atoms with E-state index in [9.17, 15) is 13.2 Å². The monoisotopic (exact) mass is 372 g/mol. The number of carbonyl (C=O) groups is 1. The van der Waals surface area contributed by atoms with Crippen molar-refractivity contribution < 1.29 is 13.2 Å². The third kappa shape index (κ3) is 4.05. The minimum absolute atomic E-state index is 0.109. The SMILES string of the molecule is NC(=O)Cn1cc(NS(=O)(=O)c2ccc(CBr)cc2)cn1. The lowest BCUT2D eigenvalue weighted by atomic mass is 10.2. The van der Waals surface area contributed by atoms with Crippen molar-refractivity contribution in [2.45, 2.75) is 16.8 Å². The summed E-state index contributed by atoms with van der Waals surface area (Å²) >= 11 is 3.29. The zero-order valence-corrected chi connectivity index (χ0v) is 13.3. The molecular formula is C12H13BrN4O3S. The van der Waals surface area contributed by atoms with Crippen molar-refractivity contribution in [1.29, 1.82) is 0 Å². The Bertz CT molecular complexity index is 740. The molecule has 0 atom stereocenters. The van der Waals surface area contributed by atoms with Crippen molar-refractivity contribution >= 4 is 37.5 Å². The quantitative estimate of drug-likeness (QED) is 0.739. The molecule has 0 aliphatic heterocycles. The number of nitrogens with zero attached hydrogens (tertiary/aromatic N) is 2. The minimum Gasteiger partial charge on any atom is -0.368 e. The number of rotatable bonds is 6. The van der Waals surface area contributed by atoms with Crippen LogP contribution in [-0.2, 0) is 26.7 Å². The van der Waals surface area contributed by atoms with E-state index >= 15 is 0 Å². The van der Waals surface area contributed by atoms with Crippen molar-refractivity contribution in [2.75, 3.05) is 4.72 Å². The second-order valence-corrected chi connectivity index (χ2v) is 6.52. The van der Waals surface area contributed by atoms with Gasteiger partial charge in [-0.25, -0.2) is 8.42 Å². The van der Waals surface area contributed by atoms with Gasteiger partial charge < -0.3 is 5.73 Å². The Hall–Kier alpha value is -1.87. The largest absolute Gasteiger partial charge is 0.368 e. The van der Waals surface area contributed by atoms with Crippen LogP contribution in [0.4, 0.5) is 5.69 Å². The first kappa shape index (κ1) is 15.5. The van der Waals surface area contributed by atoms with Gasteiger partial charge in [-0.15, -0.1) is 0 Å². The van der Waals surface area contributed by atoms with Crippen molar-refractivity contribution in [3.63, 3.8) is 0 Å². The van der Waals surface area contributed by atoms with E-state index in [0.29, 0.717) is 5.33 Å². The number of hydrogen-bond acceptors (Lipinski definition) is 4. The maximum Gasteiger partial charge on any atom is 0.261 e. The van der Waals surface area contributed by atoms with Crippen LogP contribution >= 0.6 is 15.9 Å². The molecule has 0 radical (unpaired) electrons. The molecule has 3 N–H and O–H groups in total. The number of anilines is 1. The summed E-state index contributed by atoms with van der Waals surface area (Å²) in [6.07, 6.45) is 2.71. The second kappa shape index (κ2) is 6.27. The Morgan fingerprint density at radius 3 is 2.57 bits per heavy atom. The third-order valence-corrected chi connectivity index (χ3v) is 4.64. The van der Waals surface area contributed by atoms with Crippen LogP contribution < -0.4 is 10.5 Å². The molecule has 9 heteroatoms. The average molecular weight is 373 g/mol. The molecule has 1 aromatic carbocycles. The van der Waals surface area contributed by atoms with E-state index in [2.05, 4.69) is 25.8 Å². The number of carbonyl (C=O) groups excluding carboxylic acids is 1. The number of sulfonamides is 1. The van der Waals surface area contributed by atoms with Gasteiger partial charge in [0.2, 0.25) is 5.91 Å². The van der Waals surface area contributed by atoms with E-state index in [4.69, 9.17) is 5.73 Å². The van der Waals surface area contributed by atoms with Gasteiger partial charge in [0.1, 0.15) is 6.54 Å². The fraction of sp³-hybridized carbons (Fsp3) is 0.167. The minimum atomic E-state index is -3.69. The van der Waals surface area contributed by atoms with Crippen molar-refractivity contribution in [1.82, 2.24) is 9.78 Å². The number of hydrogen-bond donors (Lipinski definition) is 2. The number of nitrogens with one attached hydrogen (secondary N) is 1. The normalized spacial score (nSPS) is 11.3. The Balaban J connectivity index is 2.16. The molecule has 2 aromatic rings. The highest BCUT2D eigenvalue weighted by Crippen LogP contribution is 2.17. The molecule has 0 aliphatic rings. The average Bonchev–Trinajstić information content (AvgIpc) is 2.84. The van der Waals surface area contributed by atoms with Gasteiger partial charge in [-0.05, 0) is 17.7 Å². The van der Waals surface area contributed by atoms with Gasteiger partial charge in [-0.1, -0.05) is 28.1 Å². The van der Waals surface area contributed by atoms with Crippen LogP contribution in [-0.4, -0.2) is 24.1 Å². The van der Waals surface area contributed by atoms with Crippen LogP contribution in [0.15, 0.2) is 41.6 Å². The molecule has 112 valence electrons. The number of alkyl halides is 1. The number of aromatic nitrogens is 2. The van der Waals surface area contributed by atoms with Crippen molar-refractivity contribution in [3.05, 3.63) is 42.2 Å². The summed E-state index contributed by atoms with van der Waals surface area (Å²) in [7, 11) is -3.69. The second-order valence-electron chi connectivity index (χ2n) is 4.28. The Labute approximate surface area is 130 Å². The predicted molar refractivity (Wildman–Crippen MR) is 81.3 cm³/mol. The molecule has 21 heavy (non-hydrogen) atoms. The highest BCUT2D eigenvalue weighted by atomic mass is 79.9. The summed E-state index contributed by atoms with van der Waals surface area (Å²) in [6, 6.07) is 6.49. The summed E-state index contributed by atoms with van der Waals surface area (Å²) < 4.78 is 28.0. The first-order valence-corrected chi connectivity index (χ1v) is 8.49. The van der Waals surface area contributed by atoms with Gasteiger partial charge in [-0.3, -0.25) is 14.2 Å². The van der Waals surface area contributed by atoms with E-state index in [1.807, 2.05) is 0 Å². The molecule has 0 fully saturated rings. The van der Waals surface area contributed by atoms with Crippen LogP contribution in [0, 0.1) is 0 Å². The van der Waals surface area contributed by atoms with E-state index in [0.717, 1.165) is 5.56 Å². The number of halogens is 1. The summed E-state index contributed by atoms with van der Waals surface area (Å²) in [5, 5.41) is 4.50. The maximum absolute atomic E-state index is 12.2. The summed E-state index contributed by atoms with van der Waals surface area (Å²) in [6.45, 7) is -0.109. The maximum atomic E-state index is 12.2. The molecular weight excluding hydrogens is 360 g/mol. The van der Waals surface area contributed by atoms with Gasteiger partial charge in [0.15, 0.2) is 0 Å². The third-order valence-electron chi connectivity index (χ3n) is 2.59. The van der Waals surface area contributed by atoms with Crippen molar-refractivity contribution in [3.8, 4) is 0 Å². The van der Waals surface area contributed by atoms with Gasteiger partial charge >= 0.3 is 0 Å². The summed E-state index contributed by atoms with van der Waals surface area (Å²) in [5.41, 5.74) is 6.28. The van der Waals surface area contributed by atoms with Crippen LogP contribution in [0.1, 0.15) is 5.56 Å². The summed E-state index contributed by atoms with van der Waals surface area (Å²) in [4.78, 5) is 10.9. The fourth-order valence-corrected chi connectivity index (χ4v) is 3.04. The standard InChI is InChI=1S/C12H13BrN4O3S/c13-5-9-1-3-11(4-2-9)21(19,20)16-10-6-15-17(7-10)8-12(14)18/h1-4,6-7,16H,5,8H2,(H2,14,18). The fourth-order valence-electron chi connectivity index (χ4n) is 1.63. The lowest BCUT2D eigenvalue weighted by Gasteiger charge is -2.06. The van der Waals surface area contributed by atoms with Gasteiger partial charge in [0, 0.05) is 11.5 Å². The van der Waals surface area contributed by atoms with Crippen LogP contribution in [0.3, 0.4) is 0 Å². The lowest BCUT2D eigenvalue weighted by Crippen LogP contribution is -2.18.